The van der Waals surface area contributed by atoms with Gasteiger partial charge in [0.25, 0.3) is 0 Å². The molecule has 0 aromatic heterocycles. The van der Waals surface area contributed by atoms with Crippen LogP contribution in [0.5, 0.6) is 11.5 Å². The van der Waals surface area contributed by atoms with Crippen LogP contribution in [0.4, 0.5) is 4.39 Å². The minimum absolute atomic E-state index is 0.137. The van der Waals surface area contributed by atoms with E-state index in [0.717, 1.165) is 0 Å². The van der Waals surface area contributed by atoms with Crippen LogP contribution in [-0.2, 0) is 14.8 Å². The van der Waals surface area contributed by atoms with Gasteiger partial charge in [0.05, 0.1) is 4.90 Å². The van der Waals surface area contributed by atoms with Gasteiger partial charge in [0.2, 0.25) is 15.9 Å². The van der Waals surface area contributed by atoms with Gasteiger partial charge in [-0.3, -0.25) is 4.79 Å². The van der Waals surface area contributed by atoms with E-state index < -0.39 is 10.0 Å². The molecule has 1 saturated heterocycles. The molecule has 158 valence electrons. The van der Waals surface area contributed by atoms with Crippen LogP contribution in [0.3, 0.4) is 0 Å². The first-order valence-corrected chi connectivity index (χ1v) is 11.0. The first kappa shape index (κ1) is 20.4. The van der Waals surface area contributed by atoms with E-state index in [4.69, 9.17) is 9.47 Å². The number of ether oxygens (including phenoxy) is 2. The number of nitrogens with zero attached hydrogens (tertiary/aromatic N) is 2. The van der Waals surface area contributed by atoms with E-state index >= 15 is 0 Å². The zero-order valence-electron chi connectivity index (χ0n) is 16.2. The van der Waals surface area contributed by atoms with Crippen molar-refractivity contribution in [2.75, 3.05) is 39.4 Å². The van der Waals surface area contributed by atoms with Gasteiger partial charge in [-0.15, -0.1) is 0 Å². The third-order valence-electron chi connectivity index (χ3n) is 4.97. The molecular formula is C21H21FN2O5S. The Kier molecular flexibility index (Phi) is 5.74. The number of rotatable bonds is 4. The minimum atomic E-state index is -3.70. The maximum absolute atomic E-state index is 13.2. The van der Waals surface area contributed by atoms with Crippen molar-refractivity contribution < 1.29 is 27.1 Å². The number of hydrogen-bond acceptors (Lipinski definition) is 5. The first-order chi connectivity index (χ1) is 14.4. The second kappa shape index (κ2) is 8.45. The minimum Gasteiger partial charge on any atom is -0.486 e. The highest BCUT2D eigenvalue weighted by atomic mass is 32.2. The predicted molar refractivity (Wildman–Crippen MR) is 108 cm³/mol. The van der Waals surface area contributed by atoms with Crippen LogP contribution in [0.15, 0.2) is 53.4 Å². The Labute approximate surface area is 174 Å². The van der Waals surface area contributed by atoms with Gasteiger partial charge in [-0.25, -0.2) is 12.8 Å². The molecule has 30 heavy (non-hydrogen) atoms. The lowest BCUT2D eigenvalue weighted by Crippen LogP contribution is -2.50. The molecule has 9 heteroatoms. The molecule has 2 heterocycles. The fraction of sp³-hybridized carbons (Fsp3) is 0.286. The summed E-state index contributed by atoms with van der Waals surface area (Å²) in [5.41, 5.74) is 0.586. The summed E-state index contributed by atoms with van der Waals surface area (Å²) < 4.78 is 51.4. The SMILES string of the molecule is O=C(C=Cc1cccc(F)c1)N1CCN(S(=O)(=O)c2ccc3c(c2)OCCO3)CC1. The van der Waals surface area contributed by atoms with Crippen LogP contribution >= 0.6 is 0 Å². The second-order valence-corrected chi connectivity index (χ2v) is 8.86. The van der Waals surface area contributed by atoms with Gasteiger partial charge in [0, 0.05) is 38.3 Å². The summed E-state index contributed by atoms with van der Waals surface area (Å²) in [6.45, 7) is 1.74. The van der Waals surface area contributed by atoms with Crippen LogP contribution in [0, 0.1) is 5.82 Å². The van der Waals surface area contributed by atoms with Crippen molar-refractivity contribution in [2.24, 2.45) is 0 Å². The summed E-state index contributed by atoms with van der Waals surface area (Å²) >= 11 is 0. The monoisotopic (exact) mass is 432 g/mol. The summed E-state index contributed by atoms with van der Waals surface area (Å²) in [5.74, 6) is 0.331. The Morgan fingerprint density at radius 1 is 0.967 bits per heavy atom. The Bertz CT molecular complexity index is 1080. The summed E-state index contributed by atoms with van der Waals surface area (Å²) in [5, 5.41) is 0. The van der Waals surface area contributed by atoms with E-state index in [9.17, 15) is 17.6 Å². The number of fused-ring (bicyclic) bond motifs is 1. The van der Waals surface area contributed by atoms with E-state index in [1.54, 1.807) is 29.2 Å². The Hall–Kier alpha value is -2.91. The molecule has 0 unspecified atom stereocenters. The largest absolute Gasteiger partial charge is 0.486 e. The van der Waals surface area contributed by atoms with Gasteiger partial charge in [-0.2, -0.15) is 4.31 Å². The molecule has 0 atom stereocenters. The highest BCUT2D eigenvalue weighted by molar-refractivity contribution is 7.89. The van der Waals surface area contributed by atoms with Crippen molar-refractivity contribution in [3.63, 3.8) is 0 Å². The van der Waals surface area contributed by atoms with Gasteiger partial charge in [-0.1, -0.05) is 12.1 Å². The molecule has 1 amide bonds. The van der Waals surface area contributed by atoms with Gasteiger partial charge in [0.15, 0.2) is 11.5 Å². The van der Waals surface area contributed by atoms with E-state index in [2.05, 4.69) is 0 Å². The fourth-order valence-corrected chi connectivity index (χ4v) is 4.80. The van der Waals surface area contributed by atoms with Gasteiger partial charge in [-0.05, 0) is 35.9 Å². The molecule has 0 N–H and O–H groups in total. The molecule has 1 fully saturated rings. The maximum atomic E-state index is 13.2. The summed E-state index contributed by atoms with van der Waals surface area (Å²) in [6, 6.07) is 10.5. The van der Waals surface area contributed by atoms with Crippen molar-refractivity contribution in [2.45, 2.75) is 4.90 Å². The van der Waals surface area contributed by atoms with Crippen molar-refractivity contribution >= 4 is 22.0 Å². The number of halogens is 1. The van der Waals surface area contributed by atoms with Crippen molar-refractivity contribution in [1.29, 1.82) is 0 Å². The lowest BCUT2D eigenvalue weighted by Gasteiger charge is -2.33. The summed E-state index contributed by atoms with van der Waals surface area (Å²) in [4.78, 5) is 14.1. The summed E-state index contributed by atoms with van der Waals surface area (Å²) in [7, 11) is -3.70. The molecule has 0 aliphatic carbocycles. The highest BCUT2D eigenvalue weighted by Crippen LogP contribution is 2.33. The third-order valence-corrected chi connectivity index (χ3v) is 6.86. The number of benzene rings is 2. The lowest BCUT2D eigenvalue weighted by molar-refractivity contribution is -0.127. The average Bonchev–Trinajstić information content (AvgIpc) is 2.77. The third kappa shape index (κ3) is 4.31. The van der Waals surface area contributed by atoms with Crippen LogP contribution in [0.25, 0.3) is 6.08 Å². The van der Waals surface area contributed by atoms with Crippen LogP contribution in [-0.4, -0.2) is 62.9 Å². The molecule has 2 aromatic rings. The molecule has 2 aliphatic rings. The Balaban J connectivity index is 1.39. The van der Waals surface area contributed by atoms with Crippen molar-refractivity contribution in [1.82, 2.24) is 9.21 Å². The quantitative estimate of drug-likeness (QED) is 0.692. The average molecular weight is 432 g/mol. The molecule has 0 radical (unpaired) electrons. The van der Waals surface area contributed by atoms with Crippen molar-refractivity contribution in [3.8, 4) is 11.5 Å². The van der Waals surface area contributed by atoms with E-state index in [-0.39, 0.29) is 42.8 Å². The lowest BCUT2D eigenvalue weighted by atomic mass is 10.2. The molecule has 2 aromatic carbocycles. The topological polar surface area (TPSA) is 76.2 Å². The molecule has 0 bridgehead atoms. The smallest absolute Gasteiger partial charge is 0.246 e. The zero-order valence-corrected chi connectivity index (χ0v) is 17.0. The predicted octanol–water partition coefficient (Wildman–Crippen LogP) is 2.14. The molecule has 0 spiro atoms. The second-order valence-electron chi connectivity index (χ2n) is 6.92. The maximum Gasteiger partial charge on any atom is 0.246 e. The number of hydrogen-bond donors (Lipinski definition) is 0. The van der Waals surface area contributed by atoms with E-state index in [1.807, 2.05) is 0 Å². The molecular weight excluding hydrogens is 411 g/mol. The van der Waals surface area contributed by atoms with E-state index in [0.29, 0.717) is 30.3 Å². The molecule has 2 aliphatic heterocycles. The number of piperazine rings is 1. The van der Waals surface area contributed by atoms with Gasteiger partial charge in [0.1, 0.15) is 19.0 Å². The standard InChI is InChI=1S/C21H21FN2O5S/c22-17-3-1-2-16(14-17)4-7-21(25)23-8-10-24(11-9-23)30(26,27)18-5-6-19-20(15-18)29-13-12-28-19/h1-7,14-15H,8-13H2. The highest BCUT2D eigenvalue weighted by Gasteiger charge is 2.30. The first-order valence-electron chi connectivity index (χ1n) is 9.56. The molecule has 4 rings (SSSR count). The van der Waals surface area contributed by atoms with Crippen LogP contribution in [0.1, 0.15) is 5.56 Å². The fourth-order valence-electron chi connectivity index (χ4n) is 3.37. The van der Waals surface area contributed by atoms with Gasteiger partial charge < -0.3 is 14.4 Å². The number of amides is 1. The molecule has 7 nitrogen and oxygen atoms in total. The van der Waals surface area contributed by atoms with E-state index in [1.165, 1.54) is 34.6 Å². The Morgan fingerprint density at radius 2 is 1.70 bits per heavy atom. The normalized spacial score (nSPS) is 17.3. The van der Waals surface area contributed by atoms with Gasteiger partial charge >= 0.3 is 0 Å². The van der Waals surface area contributed by atoms with Crippen molar-refractivity contribution in [3.05, 3.63) is 59.9 Å². The van der Waals surface area contributed by atoms with Crippen LogP contribution in [0.2, 0.25) is 0 Å². The number of sulfonamides is 1. The van der Waals surface area contributed by atoms with Crippen LogP contribution < -0.4 is 9.47 Å². The number of carbonyl (C=O) groups excluding carboxylic acids is 1. The Morgan fingerprint density at radius 3 is 2.43 bits per heavy atom. The molecule has 0 saturated carbocycles. The number of carbonyl (C=O) groups is 1. The summed E-state index contributed by atoms with van der Waals surface area (Å²) in [6.07, 6.45) is 2.92. The zero-order chi connectivity index (χ0) is 21.1.